The van der Waals surface area contributed by atoms with Gasteiger partial charge in [0.2, 0.25) is 0 Å². The van der Waals surface area contributed by atoms with Crippen molar-refractivity contribution < 1.29 is 5.11 Å². The highest BCUT2D eigenvalue weighted by Crippen LogP contribution is 2.48. The van der Waals surface area contributed by atoms with Gasteiger partial charge in [0, 0.05) is 6.61 Å². The summed E-state index contributed by atoms with van der Waals surface area (Å²) in [6, 6.07) is 0. The van der Waals surface area contributed by atoms with Crippen LogP contribution in [-0.4, -0.2) is 11.7 Å². The van der Waals surface area contributed by atoms with E-state index in [1.165, 1.54) is 31.3 Å². The molecule has 0 bridgehead atoms. The average molecular weight is 224 g/mol. The van der Waals surface area contributed by atoms with Crippen LogP contribution in [0.25, 0.3) is 0 Å². The van der Waals surface area contributed by atoms with Crippen LogP contribution in [-0.2, 0) is 0 Å². The summed E-state index contributed by atoms with van der Waals surface area (Å²) < 4.78 is 0. The second-order valence-electron chi connectivity index (χ2n) is 6.95. The quantitative estimate of drug-likeness (QED) is 0.713. The molecule has 94 valence electrons. The van der Waals surface area contributed by atoms with Gasteiger partial charge in [0.25, 0.3) is 0 Å². The van der Waals surface area contributed by atoms with Gasteiger partial charge in [-0.2, -0.15) is 0 Å². The normalized spacial score (nSPS) is 31.4. The SMILES string of the molecule is C=C(C)CC1(CO)CCCC(C(C)(C)C)C1. The number of allylic oxidation sites excluding steroid dienone is 1. The first-order chi connectivity index (χ1) is 7.29. The topological polar surface area (TPSA) is 20.2 Å². The minimum absolute atomic E-state index is 0.127. The van der Waals surface area contributed by atoms with Crippen molar-refractivity contribution in [3.8, 4) is 0 Å². The zero-order valence-corrected chi connectivity index (χ0v) is 11.5. The lowest BCUT2D eigenvalue weighted by Crippen LogP contribution is -2.37. The Kier molecular flexibility index (Phi) is 4.23. The molecule has 1 heteroatoms. The lowest BCUT2D eigenvalue weighted by atomic mass is 9.61. The molecule has 2 unspecified atom stereocenters. The van der Waals surface area contributed by atoms with E-state index >= 15 is 0 Å². The number of rotatable bonds is 3. The highest BCUT2D eigenvalue weighted by atomic mass is 16.3. The van der Waals surface area contributed by atoms with Gasteiger partial charge in [-0.25, -0.2) is 0 Å². The van der Waals surface area contributed by atoms with Crippen LogP contribution in [0.5, 0.6) is 0 Å². The molecule has 0 spiro atoms. The second-order valence-corrected chi connectivity index (χ2v) is 6.95. The Bertz CT molecular complexity index is 249. The van der Waals surface area contributed by atoms with E-state index in [2.05, 4.69) is 34.3 Å². The molecular formula is C15H28O. The standard InChI is InChI=1S/C15H28O/c1-12(2)9-15(11-16)8-6-7-13(10-15)14(3,4)5/h13,16H,1,6-11H2,2-5H3. The van der Waals surface area contributed by atoms with Crippen LogP contribution in [0.2, 0.25) is 0 Å². The molecular weight excluding hydrogens is 196 g/mol. The summed E-state index contributed by atoms with van der Waals surface area (Å²) in [5.41, 5.74) is 1.71. The fraction of sp³-hybridized carbons (Fsp3) is 0.867. The van der Waals surface area contributed by atoms with Gasteiger partial charge in [0.1, 0.15) is 0 Å². The molecule has 0 radical (unpaired) electrons. The molecule has 0 aliphatic heterocycles. The Morgan fingerprint density at radius 1 is 1.44 bits per heavy atom. The van der Waals surface area contributed by atoms with Crippen molar-refractivity contribution in [3.05, 3.63) is 12.2 Å². The molecule has 0 aromatic rings. The molecule has 0 saturated heterocycles. The highest BCUT2D eigenvalue weighted by molar-refractivity contribution is 5.00. The Morgan fingerprint density at radius 2 is 2.06 bits per heavy atom. The summed E-state index contributed by atoms with van der Waals surface area (Å²) >= 11 is 0. The third-order valence-electron chi connectivity index (χ3n) is 4.18. The Labute approximate surface area is 101 Å². The molecule has 1 rings (SSSR count). The van der Waals surface area contributed by atoms with E-state index in [1.54, 1.807) is 0 Å². The molecule has 1 fully saturated rings. The van der Waals surface area contributed by atoms with Crippen LogP contribution in [0.4, 0.5) is 0 Å². The fourth-order valence-corrected chi connectivity index (χ4v) is 3.19. The van der Waals surface area contributed by atoms with E-state index in [0.29, 0.717) is 12.0 Å². The lowest BCUT2D eigenvalue weighted by molar-refractivity contribution is 0.0226. The summed E-state index contributed by atoms with van der Waals surface area (Å²) in [7, 11) is 0. The lowest BCUT2D eigenvalue weighted by Gasteiger charge is -2.45. The van der Waals surface area contributed by atoms with Crippen LogP contribution in [0.3, 0.4) is 0 Å². The molecule has 1 aliphatic rings. The Hall–Kier alpha value is -0.300. The van der Waals surface area contributed by atoms with E-state index in [1.807, 2.05) is 0 Å². The highest BCUT2D eigenvalue weighted by Gasteiger charge is 2.39. The smallest absolute Gasteiger partial charge is 0.0490 e. The third kappa shape index (κ3) is 3.35. The van der Waals surface area contributed by atoms with Crippen LogP contribution >= 0.6 is 0 Å². The molecule has 1 saturated carbocycles. The summed E-state index contributed by atoms with van der Waals surface area (Å²) in [6.45, 7) is 13.4. The van der Waals surface area contributed by atoms with Crippen LogP contribution in [0.15, 0.2) is 12.2 Å². The van der Waals surface area contributed by atoms with Crippen molar-refractivity contribution in [1.82, 2.24) is 0 Å². The van der Waals surface area contributed by atoms with Gasteiger partial charge in [0.05, 0.1) is 0 Å². The molecule has 0 amide bonds. The maximum Gasteiger partial charge on any atom is 0.0490 e. The van der Waals surface area contributed by atoms with Gasteiger partial charge in [-0.3, -0.25) is 0 Å². The number of aliphatic hydroxyl groups is 1. The zero-order chi connectivity index (χ0) is 12.4. The molecule has 1 nitrogen and oxygen atoms in total. The molecule has 0 aromatic carbocycles. The Balaban J connectivity index is 2.76. The van der Waals surface area contributed by atoms with Gasteiger partial charge >= 0.3 is 0 Å². The van der Waals surface area contributed by atoms with E-state index in [4.69, 9.17) is 0 Å². The maximum absolute atomic E-state index is 9.73. The number of hydrogen-bond acceptors (Lipinski definition) is 1. The van der Waals surface area contributed by atoms with Gasteiger partial charge in [-0.05, 0) is 49.4 Å². The van der Waals surface area contributed by atoms with Crippen LogP contribution in [0.1, 0.15) is 59.8 Å². The molecule has 0 aromatic heterocycles. The van der Waals surface area contributed by atoms with Crippen molar-refractivity contribution in [2.75, 3.05) is 6.61 Å². The predicted molar refractivity (Wildman–Crippen MR) is 70.4 cm³/mol. The van der Waals surface area contributed by atoms with Gasteiger partial charge < -0.3 is 5.11 Å². The largest absolute Gasteiger partial charge is 0.396 e. The van der Waals surface area contributed by atoms with Gasteiger partial charge in [-0.15, -0.1) is 6.58 Å². The molecule has 2 atom stereocenters. The summed E-state index contributed by atoms with van der Waals surface area (Å²) in [6.07, 6.45) is 5.91. The maximum atomic E-state index is 9.73. The summed E-state index contributed by atoms with van der Waals surface area (Å²) in [5, 5.41) is 9.73. The first-order valence-corrected chi connectivity index (χ1v) is 6.54. The zero-order valence-electron chi connectivity index (χ0n) is 11.5. The summed E-state index contributed by atoms with van der Waals surface area (Å²) in [4.78, 5) is 0. The minimum Gasteiger partial charge on any atom is -0.396 e. The second kappa shape index (κ2) is 4.91. The van der Waals surface area contributed by atoms with Crippen molar-refractivity contribution >= 4 is 0 Å². The first kappa shape index (κ1) is 13.8. The monoisotopic (exact) mass is 224 g/mol. The minimum atomic E-state index is 0.127. The van der Waals surface area contributed by atoms with Crippen molar-refractivity contribution in [2.45, 2.75) is 59.8 Å². The van der Waals surface area contributed by atoms with Crippen LogP contribution in [0, 0.1) is 16.7 Å². The Morgan fingerprint density at radius 3 is 2.50 bits per heavy atom. The first-order valence-electron chi connectivity index (χ1n) is 6.54. The third-order valence-corrected chi connectivity index (χ3v) is 4.18. The number of aliphatic hydroxyl groups excluding tert-OH is 1. The average Bonchev–Trinajstić information content (AvgIpc) is 2.16. The molecule has 1 aliphatic carbocycles. The number of hydrogen-bond donors (Lipinski definition) is 1. The summed E-state index contributed by atoms with van der Waals surface area (Å²) in [5.74, 6) is 0.743. The fourth-order valence-electron chi connectivity index (χ4n) is 3.19. The van der Waals surface area contributed by atoms with E-state index in [0.717, 1.165) is 12.3 Å². The van der Waals surface area contributed by atoms with E-state index in [9.17, 15) is 5.11 Å². The molecule has 1 N–H and O–H groups in total. The van der Waals surface area contributed by atoms with E-state index < -0.39 is 0 Å². The van der Waals surface area contributed by atoms with Gasteiger partial charge in [0.15, 0.2) is 0 Å². The molecule has 16 heavy (non-hydrogen) atoms. The van der Waals surface area contributed by atoms with E-state index in [-0.39, 0.29) is 5.41 Å². The van der Waals surface area contributed by atoms with Crippen molar-refractivity contribution in [1.29, 1.82) is 0 Å². The van der Waals surface area contributed by atoms with Crippen molar-refractivity contribution in [3.63, 3.8) is 0 Å². The van der Waals surface area contributed by atoms with Gasteiger partial charge in [-0.1, -0.05) is 32.8 Å². The predicted octanol–water partition coefficient (Wildman–Crippen LogP) is 4.17. The molecule has 0 heterocycles. The van der Waals surface area contributed by atoms with Crippen molar-refractivity contribution in [2.24, 2.45) is 16.7 Å². The van der Waals surface area contributed by atoms with Crippen LogP contribution < -0.4 is 0 Å².